The minimum absolute atomic E-state index is 0.00703. The van der Waals surface area contributed by atoms with Gasteiger partial charge in [-0.15, -0.1) is 0 Å². The van der Waals surface area contributed by atoms with Crippen LogP contribution in [0.1, 0.15) is 48.2 Å². The third-order valence-corrected chi connectivity index (χ3v) is 7.48. The number of anilines is 1. The number of amides is 3. The van der Waals surface area contributed by atoms with Crippen molar-refractivity contribution in [1.29, 1.82) is 5.26 Å². The number of rotatable bonds is 5. The molecule has 2 heterocycles. The molecule has 2 saturated heterocycles. The van der Waals surface area contributed by atoms with Gasteiger partial charge in [-0.3, -0.25) is 14.4 Å². The van der Waals surface area contributed by atoms with E-state index < -0.39 is 23.3 Å². The lowest BCUT2D eigenvalue weighted by atomic mass is 9.85. The number of nitriles is 1. The molecule has 0 aromatic heterocycles. The molecule has 2 aliphatic rings. The molecule has 0 unspecified atom stereocenters. The van der Waals surface area contributed by atoms with Crippen LogP contribution < -0.4 is 10.2 Å². The molecule has 1 atom stereocenters. The average molecular weight is 506 g/mol. The molecule has 2 aromatic rings. The first-order chi connectivity index (χ1) is 17.6. The van der Waals surface area contributed by atoms with Gasteiger partial charge in [-0.1, -0.05) is 26.0 Å². The maximum Gasteiger partial charge on any atom is 0.254 e. The number of nitrogens with zero attached hydrogens (tertiary/aromatic N) is 4. The summed E-state index contributed by atoms with van der Waals surface area (Å²) in [5.74, 6) is -1.67. The number of carbonyl (C=O) groups excluding carboxylic acids is 3. The molecule has 8 nitrogen and oxygen atoms in total. The van der Waals surface area contributed by atoms with Crippen molar-refractivity contribution in [3.63, 3.8) is 0 Å². The molecule has 37 heavy (non-hydrogen) atoms. The van der Waals surface area contributed by atoms with Crippen molar-refractivity contribution in [2.24, 2.45) is 5.92 Å². The van der Waals surface area contributed by atoms with Gasteiger partial charge in [0.1, 0.15) is 17.4 Å². The fraction of sp³-hybridized carbons (Fsp3) is 0.429. The fourth-order valence-electron chi connectivity index (χ4n) is 5.26. The number of halogens is 1. The van der Waals surface area contributed by atoms with E-state index in [1.54, 1.807) is 48.0 Å². The number of piperidine rings is 1. The maximum atomic E-state index is 14.5. The Balaban J connectivity index is 1.50. The van der Waals surface area contributed by atoms with Crippen LogP contribution >= 0.6 is 0 Å². The van der Waals surface area contributed by atoms with Crippen molar-refractivity contribution < 1.29 is 18.8 Å². The predicted molar refractivity (Wildman–Crippen MR) is 137 cm³/mol. The van der Waals surface area contributed by atoms with Gasteiger partial charge in [0.2, 0.25) is 11.8 Å². The van der Waals surface area contributed by atoms with Gasteiger partial charge >= 0.3 is 0 Å². The van der Waals surface area contributed by atoms with E-state index in [9.17, 15) is 18.8 Å². The highest BCUT2D eigenvalue weighted by atomic mass is 19.1. The number of likely N-dealkylation sites (tertiary alicyclic amines) is 1. The van der Waals surface area contributed by atoms with Crippen molar-refractivity contribution in [3.8, 4) is 6.07 Å². The molecule has 4 rings (SSSR count). The van der Waals surface area contributed by atoms with Crippen molar-refractivity contribution >= 4 is 23.4 Å². The van der Waals surface area contributed by atoms with Crippen LogP contribution in [0.5, 0.6) is 0 Å². The first kappa shape index (κ1) is 26.1. The summed E-state index contributed by atoms with van der Waals surface area (Å²) in [5, 5.41) is 11.9. The van der Waals surface area contributed by atoms with Gasteiger partial charge in [0.15, 0.2) is 0 Å². The highest BCUT2D eigenvalue weighted by Gasteiger charge is 2.53. The number of nitrogens with one attached hydrogen (secondary N) is 1. The molecular formula is C28H32FN5O3. The second kappa shape index (κ2) is 10.2. The molecular weight excluding hydrogens is 473 g/mol. The molecule has 0 aliphatic carbocycles. The molecule has 1 N–H and O–H groups in total. The summed E-state index contributed by atoms with van der Waals surface area (Å²) in [6, 6.07) is 13.1. The van der Waals surface area contributed by atoms with Gasteiger partial charge in [-0.25, -0.2) is 4.39 Å². The highest BCUT2D eigenvalue weighted by molar-refractivity contribution is 5.98. The van der Waals surface area contributed by atoms with Gasteiger partial charge in [-0.05, 0) is 61.6 Å². The average Bonchev–Trinajstić information content (AvgIpc) is 3.13. The molecule has 2 aliphatic heterocycles. The molecule has 1 spiro atoms. The second-order valence-electron chi connectivity index (χ2n) is 10.2. The van der Waals surface area contributed by atoms with Crippen LogP contribution in [0.3, 0.4) is 0 Å². The third-order valence-electron chi connectivity index (χ3n) is 7.48. The van der Waals surface area contributed by atoms with Crippen LogP contribution in [0.15, 0.2) is 42.5 Å². The first-order valence-corrected chi connectivity index (χ1v) is 12.5. The van der Waals surface area contributed by atoms with Crippen molar-refractivity contribution in [1.82, 2.24) is 15.1 Å². The normalized spacial score (nSPS) is 17.8. The van der Waals surface area contributed by atoms with E-state index in [2.05, 4.69) is 16.3 Å². The standard InChI is InChI=1S/C28H32FN5O3/c1-18(2)24(31-25(35)22-7-5-6-19(3)23(22)29)26(36)33-14-12-28(13-15-33)27(37)32(4)17-34(28)21-10-8-20(16-30)9-11-21/h5-11,18,24H,12-15,17H2,1-4H3,(H,31,35)/t24-/m1/s1. The van der Waals surface area contributed by atoms with Crippen LogP contribution in [0.2, 0.25) is 0 Å². The monoisotopic (exact) mass is 505 g/mol. The Morgan fingerprint density at radius 2 is 1.76 bits per heavy atom. The Hall–Kier alpha value is -3.93. The topological polar surface area (TPSA) is 96.8 Å². The predicted octanol–water partition coefficient (Wildman–Crippen LogP) is 3.06. The van der Waals surface area contributed by atoms with Crippen LogP contribution in [-0.2, 0) is 9.59 Å². The highest BCUT2D eigenvalue weighted by Crippen LogP contribution is 2.39. The number of likely N-dealkylation sites (N-methyl/N-ethyl adjacent to an activating group) is 1. The zero-order valence-electron chi connectivity index (χ0n) is 21.6. The molecule has 2 aromatic carbocycles. The van der Waals surface area contributed by atoms with Crippen LogP contribution in [-0.4, -0.2) is 65.9 Å². The number of carbonyl (C=O) groups is 3. The minimum atomic E-state index is -0.821. The van der Waals surface area contributed by atoms with Gasteiger partial charge < -0.3 is 20.0 Å². The van der Waals surface area contributed by atoms with Gasteiger partial charge in [0.25, 0.3) is 5.91 Å². The van der Waals surface area contributed by atoms with Crippen LogP contribution in [0.25, 0.3) is 0 Å². The fourth-order valence-corrected chi connectivity index (χ4v) is 5.26. The van der Waals surface area contributed by atoms with Crippen LogP contribution in [0.4, 0.5) is 10.1 Å². The van der Waals surface area contributed by atoms with E-state index in [0.717, 1.165) is 5.69 Å². The molecule has 3 amide bonds. The summed E-state index contributed by atoms with van der Waals surface area (Å²) in [4.78, 5) is 45.1. The minimum Gasteiger partial charge on any atom is -0.341 e. The molecule has 0 radical (unpaired) electrons. The molecule has 2 fully saturated rings. The lowest BCUT2D eigenvalue weighted by molar-refractivity contribution is -0.139. The van der Waals surface area contributed by atoms with Gasteiger partial charge in [-0.2, -0.15) is 5.26 Å². The van der Waals surface area contributed by atoms with Crippen molar-refractivity contribution in [3.05, 3.63) is 65.0 Å². The lowest BCUT2D eigenvalue weighted by Gasteiger charge is -2.44. The Bertz CT molecular complexity index is 1250. The summed E-state index contributed by atoms with van der Waals surface area (Å²) in [5.41, 5.74) is 0.891. The van der Waals surface area contributed by atoms with E-state index in [-0.39, 0.29) is 23.3 Å². The van der Waals surface area contributed by atoms with E-state index in [1.165, 1.54) is 6.07 Å². The first-order valence-electron chi connectivity index (χ1n) is 12.5. The van der Waals surface area contributed by atoms with Gasteiger partial charge in [0, 0.05) is 25.8 Å². The van der Waals surface area contributed by atoms with Gasteiger partial charge in [0.05, 0.1) is 23.9 Å². The maximum absolute atomic E-state index is 14.5. The third kappa shape index (κ3) is 4.76. The largest absolute Gasteiger partial charge is 0.341 e. The zero-order valence-corrected chi connectivity index (χ0v) is 21.6. The summed E-state index contributed by atoms with van der Waals surface area (Å²) in [6.45, 7) is 6.38. The Morgan fingerprint density at radius 3 is 2.35 bits per heavy atom. The Morgan fingerprint density at radius 1 is 1.11 bits per heavy atom. The zero-order chi connectivity index (χ0) is 26.9. The van der Waals surface area contributed by atoms with Crippen molar-refractivity contribution in [2.45, 2.75) is 45.2 Å². The van der Waals surface area contributed by atoms with E-state index in [0.29, 0.717) is 43.7 Å². The van der Waals surface area contributed by atoms with E-state index in [4.69, 9.17) is 5.26 Å². The smallest absolute Gasteiger partial charge is 0.254 e. The SMILES string of the molecule is Cc1cccc(C(=O)N[C@@H](C(=O)N2CCC3(CC2)C(=O)N(C)CN3c2ccc(C#N)cc2)C(C)C)c1F. The number of hydrogen-bond donors (Lipinski definition) is 1. The second-order valence-corrected chi connectivity index (χ2v) is 10.2. The van der Waals surface area contributed by atoms with Crippen molar-refractivity contribution in [2.75, 3.05) is 31.7 Å². The summed E-state index contributed by atoms with van der Waals surface area (Å²) < 4.78 is 14.5. The summed E-state index contributed by atoms with van der Waals surface area (Å²) in [6.07, 6.45) is 0.875. The lowest BCUT2D eigenvalue weighted by Crippen LogP contribution is -2.60. The number of aryl methyl sites for hydroxylation is 1. The van der Waals surface area contributed by atoms with E-state index >= 15 is 0 Å². The summed E-state index contributed by atoms with van der Waals surface area (Å²) >= 11 is 0. The quantitative estimate of drug-likeness (QED) is 0.674. The summed E-state index contributed by atoms with van der Waals surface area (Å²) in [7, 11) is 1.76. The Kier molecular flexibility index (Phi) is 7.21. The number of benzene rings is 2. The molecule has 0 bridgehead atoms. The molecule has 0 saturated carbocycles. The van der Waals surface area contributed by atoms with Crippen LogP contribution in [0, 0.1) is 30.0 Å². The molecule has 9 heteroatoms. The molecule has 194 valence electrons. The van der Waals surface area contributed by atoms with E-state index in [1.807, 2.05) is 26.0 Å². The Labute approximate surface area is 216 Å². The number of hydrogen-bond acceptors (Lipinski definition) is 5.